The normalized spacial score (nSPS) is 12.1. The van der Waals surface area contributed by atoms with Crippen LogP contribution in [0.15, 0.2) is 0 Å². The van der Waals surface area contributed by atoms with Gasteiger partial charge < -0.3 is 5.73 Å². The van der Waals surface area contributed by atoms with E-state index in [1.807, 2.05) is 0 Å². The van der Waals surface area contributed by atoms with Gasteiger partial charge in [-0.3, -0.25) is 4.79 Å². The van der Waals surface area contributed by atoms with Crippen LogP contribution < -0.4 is 5.73 Å². The van der Waals surface area contributed by atoms with Crippen LogP contribution in [0.4, 0.5) is 0 Å². The van der Waals surface area contributed by atoms with Crippen LogP contribution in [0, 0.1) is 18.3 Å². The van der Waals surface area contributed by atoms with Gasteiger partial charge in [0.1, 0.15) is 0 Å². The van der Waals surface area contributed by atoms with Gasteiger partial charge in [-0.1, -0.05) is 5.92 Å². The minimum atomic E-state index is -0.319. The molecule has 0 heterocycles. The molecule has 0 aromatic rings. The summed E-state index contributed by atoms with van der Waals surface area (Å²) in [7, 11) is 0. The Morgan fingerprint density at radius 1 is 2.00 bits per heavy atom. The predicted molar refractivity (Wildman–Crippen MR) is 32.1 cm³/mol. The van der Waals surface area contributed by atoms with Gasteiger partial charge in [0.25, 0.3) is 0 Å². The molecule has 0 bridgehead atoms. The minimum absolute atomic E-state index is 0.0470. The smallest absolute Gasteiger partial charge is 0.161 e. The highest BCUT2D eigenvalue weighted by Gasteiger charge is 2.04. The Hall–Kier alpha value is -0.810. The van der Waals surface area contributed by atoms with Crippen molar-refractivity contribution in [3.8, 4) is 12.3 Å². The summed E-state index contributed by atoms with van der Waals surface area (Å²) >= 11 is 0. The molecule has 0 saturated carbocycles. The number of nitrogens with two attached hydrogens (primary N) is 1. The lowest BCUT2D eigenvalue weighted by molar-refractivity contribution is -0.119. The molecule has 0 aliphatic rings. The first-order valence-electron chi connectivity index (χ1n) is 2.41. The van der Waals surface area contributed by atoms with Gasteiger partial charge in [0.2, 0.25) is 0 Å². The monoisotopic (exact) mass is 111 g/mol. The van der Waals surface area contributed by atoms with E-state index in [4.69, 9.17) is 12.2 Å². The third kappa shape index (κ3) is 1.76. The maximum atomic E-state index is 10.5. The Labute approximate surface area is 49.1 Å². The molecule has 0 aliphatic carbocycles. The van der Waals surface area contributed by atoms with Crippen LogP contribution in [0.5, 0.6) is 0 Å². The number of hydrogen-bond donors (Lipinski definition) is 1. The van der Waals surface area contributed by atoms with Crippen LogP contribution in [-0.2, 0) is 4.79 Å². The van der Waals surface area contributed by atoms with E-state index >= 15 is 0 Å². The van der Waals surface area contributed by atoms with E-state index in [-0.39, 0.29) is 18.2 Å². The second-order valence-electron chi connectivity index (χ2n) is 1.56. The molecule has 0 aliphatic heterocycles. The van der Waals surface area contributed by atoms with Gasteiger partial charge in [-0.05, 0) is 6.92 Å². The van der Waals surface area contributed by atoms with E-state index in [0.29, 0.717) is 0 Å². The zero-order valence-electron chi connectivity index (χ0n) is 4.85. The molecule has 0 rings (SSSR count). The summed E-state index contributed by atoms with van der Waals surface area (Å²) in [5, 5.41) is 0. The number of carbonyl (C=O) groups excluding carboxylic acids is 1. The average Bonchev–Trinajstić information content (AvgIpc) is 1.84. The Bertz CT molecular complexity index is 123. The second-order valence-corrected chi connectivity index (χ2v) is 1.56. The van der Waals surface area contributed by atoms with Crippen LogP contribution in [0.2, 0.25) is 0 Å². The zero-order valence-corrected chi connectivity index (χ0v) is 4.85. The van der Waals surface area contributed by atoms with Crippen molar-refractivity contribution in [3.63, 3.8) is 0 Å². The average molecular weight is 111 g/mol. The molecule has 8 heavy (non-hydrogen) atoms. The summed E-state index contributed by atoms with van der Waals surface area (Å²) in [6.45, 7) is 1.71. The molecule has 1 atom stereocenters. The van der Waals surface area contributed by atoms with E-state index in [9.17, 15) is 4.79 Å². The molecule has 44 valence electrons. The summed E-state index contributed by atoms with van der Waals surface area (Å²) in [5.41, 5.74) is 5.00. The summed E-state index contributed by atoms with van der Waals surface area (Å²) in [5.74, 6) is 1.89. The van der Waals surface area contributed by atoms with Gasteiger partial charge in [0, 0.05) is 0 Å². The number of carbonyl (C=O) groups is 1. The van der Waals surface area contributed by atoms with Crippen LogP contribution in [0.3, 0.4) is 0 Å². The lowest BCUT2D eigenvalue weighted by Crippen LogP contribution is -2.19. The first-order chi connectivity index (χ1) is 3.72. The molecular weight excluding hydrogens is 102 g/mol. The molecule has 0 aromatic heterocycles. The van der Waals surface area contributed by atoms with Crippen molar-refractivity contribution >= 4 is 5.78 Å². The second kappa shape index (κ2) is 3.23. The first-order valence-corrected chi connectivity index (χ1v) is 2.41. The fourth-order valence-electron chi connectivity index (χ4n) is 0.270. The summed E-state index contributed by atoms with van der Waals surface area (Å²) in [4.78, 5) is 10.5. The fraction of sp³-hybridized carbons (Fsp3) is 0.500. The quantitative estimate of drug-likeness (QED) is 0.501. The maximum Gasteiger partial charge on any atom is 0.161 e. The van der Waals surface area contributed by atoms with Crippen LogP contribution >= 0.6 is 0 Å². The molecule has 2 N–H and O–H groups in total. The standard InChI is InChI=1S/C6H9NO/c1-3-5(2)6(8)4-7/h1,5H,4,7H2,2H3. The van der Waals surface area contributed by atoms with E-state index in [0.717, 1.165) is 0 Å². The van der Waals surface area contributed by atoms with Gasteiger partial charge in [-0.15, -0.1) is 6.42 Å². The van der Waals surface area contributed by atoms with Crippen molar-refractivity contribution < 1.29 is 4.79 Å². The number of terminal acetylenes is 1. The maximum absolute atomic E-state index is 10.5. The first kappa shape index (κ1) is 7.19. The molecule has 0 fully saturated rings. The lowest BCUT2D eigenvalue weighted by Gasteiger charge is -1.95. The van der Waals surface area contributed by atoms with Crippen molar-refractivity contribution in [1.29, 1.82) is 0 Å². The molecule has 2 heteroatoms. The molecule has 0 amide bonds. The van der Waals surface area contributed by atoms with E-state index in [2.05, 4.69) is 5.92 Å². The SMILES string of the molecule is C#CC(C)C(=O)CN. The van der Waals surface area contributed by atoms with Crippen molar-refractivity contribution in [2.75, 3.05) is 6.54 Å². The van der Waals surface area contributed by atoms with Gasteiger partial charge in [-0.2, -0.15) is 0 Å². The molecule has 0 saturated heterocycles. The van der Waals surface area contributed by atoms with Crippen molar-refractivity contribution in [2.45, 2.75) is 6.92 Å². The molecule has 0 spiro atoms. The van der Waals surface area contributed by atoms with E-state index < -0.39 is 0 Å². The highest BCUT2D eigenvalue weighted by molar-refractivity contribution is 5.84. The van der Waals surface area contributed by atoms with Crippen LogP contribution in [-0.4, -0.2) is 12.3 Å². The summed E-state index contributed by atoms with van der Waals surface area (Å²) < 4.78 is 0. The van der Waals surface area contributed by atoms with Gasteiger partial charge in [0.15, 0.2) is 5.78 Å². The zero-order chi connectivity index (χ0) is 6.57. The molecule has 2 nitrogen and oxygen atoms in total. The Kier molecular flexibility index (Phi) is 2.90. The predicted octanol–water partition coefficient (Wildman–Crippen LogP) is -0.217. The topological polar surface area (TPSA) is 43.1 Å². The number of rotatable bonds is 2. The Balaban J connectivity index is 3.68. The number of Topliss-reactive ketones (excluding diaryl/α,β-unsaturated/α-hetero) is 1. The van der Waals surface area contributed by atoms with E-state index in [1.54, 1.807) is 6.92 Å². The minimum Gasteiger partial charge on any atom is -0.324 e. The van der Waals surface area contributed by atoms with Crippen LogP contribution in [0.25, 0.3) is 0 Å². The highest BCUT2D eigenvalue weighted by atomic mass is 16.1. The van der Waals surface area contributed by atoms with Gasteiger partial charge in [-0.25, -0.2) is 0 Å². The molecule has 1 unspecified atom stereocenters. The van der Waals surface area contributed by atoms with Gasteiger partial charge in [0.05, 0.1) is 12.5 Å². The summed E-state index contributed by atoms with van der Waals surface area (Å²) in [6.07, 6.45) is 4.92. The molecular formula is C6H9NO. The number of hydrogen-bond acceptors (Lipinski definition) is 2. The Morgan fingerprint density at radius 3 is 2.62 bits per heavy atom. The van der Waals surface area contributed by atoms with Crippen molar-refractivity contribution in [3.05, 3.63) is 0 Å². The fourth-order valence-corrected chi connectivity index (χ4v) is 0.270. The Morgan fingerprint density at radius 2 is 2.50 bits per heavy atom. The third-order valence-electron chi connectivity index (χ3n) is 0.934. The van der Waals surface area contributed by atoms with Crippen molar-refractivity contribution in [2.24, 2.45) is 11.7 Å². The molecule has 0 radical (unpaired) electrons. The summed E-state index contributed by atoms with van der Waals surface area (Å²) in [6, 6.07) is 0. The van der Waals surface area contributed by atoms with Crippen LogP contribution in [0.1, 0.15) is 6.92 Å². The highest BCUT2D eigenvalue weighted by Crippen LogP contribution is 1.90. The third-order valence-corrected chi connectivity index (χ3v) is 0.934. The van der Waals surface area contributed by atoms with Gasteiger partial charge >= 0.3 is 0 Å². The molecule has 0 aromatic carbocycles. The number of ketones is 1. The largest absolute Gasteiger partial charge is 0.324 e. The van der Waals surface area contributed by atoms with E-state index in [1.165, 1.54) is 0 Å². The van der Waals surface area contributed by atoms with Crippen molar-refractivity contribution in [1.82, 2.24) is 0 Å². The lowest BCUT2D eigenvalue weighted by atomic mass is 10.1.